The summed E-state index contributed by atoms with van der Waals surface area (Å²) in [5.41, 5.74) is 1.25. The summed E-state index contributed by atoms with van der Waals surface area (Å²) in [4.78, 5) is 0. The zero-order chi connectivity index (χ0) is 13.1. The second-order valence-corrected chi connectivity index (χ2v) is 5.91. The first-order chi connectivity index (χ1) is 8.58. The molecule has 0 amide bonds. The lowest BCUT2D eigenvalue weighted by atomic mass is 10.1. The zero-order valence-corrected chi connectivity index (χ0v) is 13.5. The molecule has 1 aromatic heterocycles. The molecule has 0 aliphatic carbocycles. The maximum atomic E-state index is 5.55. The van der Waals surface area contributed by atoms with Crippen molar-refractivity contribution in [2.75, 3.05) is 0 Å². The summed E-state index contributed by atoms with van der Waals surface area (Å²) in [6, 6.07) is 12.6. The second-order valence-electron chi connectivity index (χ2n) is 4.27. The maximum Gasteiger partial charge on any atom is 0.169 e. The van der Waals surface area contributed by atoms with Gasteiger partial charge in [-0.3, -0.25) is 0 Å². The molecule has 18 heavy (non-hydrogen) atoms. The van der Waals surface area contributed by atoms with Gasteiger partial charge in [-0.1, -0.05) is 34.1 Å². The summed E-state index contributed by atoms with van der Waals surface area (Å²) in [5.74, 6) is 0.931. The summed E-state index contributed by atoms with van der Waals surface area (Å²) < 4.78 is 7.44. The minimum atomic E-state index is 0.165. The van der Waals surface area contributed by atoms with Crippen LogP contribution in [-0.4, -0.2) is 0 Å². The van der Waals surface area contributed by atoms with Crippen LogP contribution in [0.15, 0.2) is 50.0 Å². The molecule has 1 aromatic carbocycles. The van der Waals surface area contributed by atoms with Gasteiger partial charge in [0.2, 0.25) is 0 Å². The molecule has 0 aliphatic rings. The topological polar surface area (TPSA) is 25.2 Å². The normalized spacial score (nSPS) is 14.4. The quantitative estimate of drug-likeness (QED) is 0.796. The Morgan fingerprint density at radius 2 is 1.72 bits per heavy atom. The molecule has 1 unspecified atom stereocenters. The summed E-state index contributed by atoms with van der Waals surface area (Å²) in [6.45, 7) is 4.24. The van der Waals surface area contributed by atoms with E-state index in [2.05, 4.69) is 63.2 Å². The summed E-state index contributed by atoms with van der Waals surface area (Å²) in [5, 5.41) is 3.52. The third kappa shape index (κ3) is 3.25. The van der Waals surface area contributed by atoms with Crippen molar-refractivity contribution in [3.8, 4) is 0 Å². The Labute approximate surface area is 124 Å². The largest absolute Gasteiger partial charge is 0.453 e. The van der Waals surface area contributed by atoms with E-state index in [-0.39, 0.29) is 12.1 Å². The highest BCUT2D eigenvalue weighted by Gasteiger charge is 2.15. The fourth-order valence-electron chi connectivity index (χ4n) is 1.93. The number of halogens is 2. The number of hydrogen-bond donors (Lipinski definition) is 1. The van der Waals surface area contributed by atoms with Gasteiger partial charge in [-0.2, -0.15) is 0 Å². The Kier molecular flexibility index (Phi) is 4.65. The van der Waals surface area contributed by atoms with Crippen LogP contribution in [0.4, 0.5) is 0 Å². The van der Waals surface area contributed by atoms with Gasteiger partial charge in [0, 0.05) is 10.5 Å². The zero-order valence-electron chi connectivity index (χ0n) is 10.3. The molecular weight excluding hydrogens is 358 g/mol. The van der Waals surface area contributed by atoms with Gasteiger partial charge in [0.15, 0.2) is 4.67 Å². The van der Waals surface area contributed by atoms with Gasteiger partial charge in [0.05, 0.1) is 6.04 Å². The Morgan fingerprint density at radius 3 is 2.33 bits per heavy atom. The van der Waals surface area contributed by atoms with Crippen molar-refractivity contribution in [2.24, 2.45) is 0 Å². The van der Waals surface area contributed by atoms with Crippen molar-refractivity contribution in [3.63, 3.8) is 0 Å². The van der Waals surface area contributed by atoms with E-state index in [1.807, 2.05) is 24.3 Å². The first-order valence-corrected chi connectivity index (χ1v) is 7.42. The van der Waals surface area contributed by atoms with E-state index >= 15 is 0 Å². The Balaban J connectivity index is 2.08. The summed E-state index contributed by atoms with van der Waals surface area (Å²) >= 11 is 6.90. The smallest absolute Gasteiger partial charge is 0.169 e. The number of furan rings is 1. The van der Waals surface area contributed by atoms with Crippen LogP contribution in [0.5, 0.6) is 0 Å². The van der Waals surface area contributed by atoms with Crippen LogP contribution < -0.4 is 5.32 Å². The molecular formula is C14H15Br2NO. The van der Waals surface area contributed by atoms with Crippen molar-refractivity contribution in [1.29, 1.82) is 0 Å². The van der Waals surface area contributed by atoms with E-state index in [4.69, 9.17) is 4.42 Å². The molecule has 0 saturated heterocycles. The van der Waals surface area contributed by atoms with Crippen LogP contribution in [0.1, 0.15) is 37.3 Å². The summed E-state index contributed by atoms with van der Waals surface area (Å²) in [7, 11) is 0. The van der Waals surface area contributed by atoms with Crippen LogP contribution in [0.25, 0.3) is 0 Å². The van der Waals surface area contributed by atoms with Crippen molar-refractivity contribution in [3.05, 3.63) is 56.9 Å². The van der Waals surface area contributed by atoms with Gasteiger partial charge in [0.25, 0.3) is 0 Å². The standard InChI is InChI=1S/C14H15Br2NO/c1-9(11-5-3-4-6-12(11)15)17-10(2)13-7-8-14(16)18-13/h3-10,17H,1-2H3/t9-,10?/m0/s1. The summed E-state index contributed by atoms with van der Waals surface area (Å²) in [6.07, 6.45) is 0. The second kappa shape index (κ2) is 6.04. The molecule has 0 spiro atoms. The van der Waals surface area contributed by atoms with Gasteiger partial charge in [-0.05, 0) is 53.5 Å². The molecule has 0 bridgehead atoms. The van der Waals surface area contributed by atoms with Crippen LogP contribution >= 0.6 is 31.9 Å². The van der Waals surface area contributed by atoms with E-state index in [0.29, 0.717) is 0 Å². The lowest BCUT2D eigenvalue weighted by molar-refractivity contribution is 0.393. The van der Waals surface area contributed by atoms with E-state index < -0.39 is 0 Å². The fourth-order valence-corrected chi connectivity index (χ4v) is 2.88. The van der Waals surface area contributed by atoms with Crippen LogP contribution in [0, 0.1) is 0 Å². The van der Waals surface area contributed by atoms with Gasteiger partial charge >= 0.3 is 0 Å². The van der Waals surface area contributed by atoms with Crippen molar-refractivity contribution in [1.82, 2.24) is 5.32 Å². The SMILES string of the molecule is CC(N[C@@H](C)c1ccccc1Br)c1ccc(Br)o1. The Hall–Kier alpha value is -0.580. The minimum absolute atomic E-state index is 0.165. The molecule has 0 fully saturated rings. The highest BCUT2D eigenvalue weighted by Crippen LogP contribution is 2.26. The Bertz CT molecular complexity index is 524. The van der Waals surface area contributed by atoms with Crippen LogP contribution in [0.2, 0.25) is 0 Å². The van der Waals surface area contributed by atoms with E-state index in [0.717, 1.165) is 14.9 Å². The van der Waals surface area contributed by atoms with E-state index in [1.54, 1.807) is 0 Å². The number of benzene rings is 1. The van der Waals surface area contributed by atoms with E-state index in [1.165, 1.54) is 5.56 Å². The van der Waals surface area contributed by atoms with Crippen LogP contribution in [0.3, 0.4) is 0 Å². The van der Waals surface area contributed by atoms with Gasteiger partial charge in [-0.25, -0.2) is 0 Å². The number of hydrogen-bond acceptors (Lipinski definition) is 2. The molecule has 0 aliphatic heterocycles. The van der Waals surface area contributed by atoms with E-state index in [9.17, 15) is 0 Å². The highest BCUT2D eigenvalue weighted by atomic mass is 79.9. The van der Waals surface area contributed by atoms with Gasteiger partial charge in [0.1, 0.15) is 5.76 Å². The van der Waals surface area contributed by atoms with Gasteiger partial charge < -0.3 is 9.73 Å². The highest BCUT2D eigenvalue weighted by molar-refractivity contribution is 9.10. The van der Waals surface area contributed by atoms with Gasteiger partial charge in [-0.15, -0.1) is 0 Å². The Morgan fingerprint density at radius 1 is 1.00 bits per heavy atom. The molecule has 4 heteroatoms. The molecule has 0 saturated carbocycles. The van der Waals surface area contributed by atoms with Crippen molar-refractivity contribution >= 4 is 31.9 Å². The molecule has 2 nitrogen and oxygen atoms in total. The number of rotatable bonds is 4. The third-order valence-electron chi connectivity index (χ3n) is 2.89. The van der Waals surface area contributed by atoms with Crippen molar-refractivity contribution < 1.29 is 4.42 Å². The first-order valence-electron chi connectivity index (χ1n) is 5.83. The maximum absolute atomic E-state index is 5.55. The molecule has 1 N–H and O–H groups in total. The molecule has 1 heterocycles. The average Bonchev–Trinajstić information content (AvgIpc) is 2.76. The minimum Gasteiger partial charge on any atom is -0.453 e. The number of nitrogens with one attached hydrogen (secondary N) is 1. The average molecular weight is 373 g/mol. The molecule has 2 atom stereocenters. The first kappa shape index (κ1) is 13.8. The van der Waals surface area contributed by atoms with Crippen LogP contribution in [-0.2, 0) is 0 Å². The lowest BCUT2D eigenvalue weighted by Crippen LogP contribution is -2.22. The molecule has 2 rings (SSSR count). The van der Waals surface area contributed by atoms with Crippen molar-refractivity contribution in [2.45, 2.75) is 25.9 Å². The molecule has 96 valence electrons. The predicted molar refractivity (Wildman–Crippen MR) is 80.5 cm³/mol. The molecule has 0 radical (unpaired) electrons. The monoisotopic (exact) mass is 371 g/mol. The predicted octanol–water partition coefficient (Wildman–Crippen LogP) is 5.22. The molecule has 2 aromatic rings. The lowest BCUT2D eigenvalue weighted by Gasteiger charge is -2.20. The third-order valence-corrected chi connectivity index (χ3v) is 4.04. The fraction of sp³-hybridized carbons (Fsp3) is 0.286.